The fourth-order valence-electron chi connectivity index (χ4n) is 1.81. The number of nitrogens with zero attached hydrogens (tertiary/aromatic N) is 1. The predicted molar refractivity (Wildman–Crippen MR) is 77.7 cm³/mol. The number of nitrogens with one attached hydrogen (secondary N) is 1. The average molecular weight is 310 g/mol. The Hall–Kier alpha value is -1.86. The van der Waals surface area contributed by atoms with Gasteiger partial charge in [-0.25, -0.2) is 13.1 Å². The van der Waals surface area contributed by atoms with Gasteiger partial charge in [-0.15, -0.1) is 0 Å². The average Bonchev–Trinajstić information content (AvgIpc) is 2.85. The highest BCUT2D eigenvalue weighted by molar-refractivity contribution is 7.89. The Bertz CT molecular complexity index is 677. The first kappa shape index (κ1) is 15.5. The number of hydrogen-bond donors (Lipinski definition) is 1. The lowest BCUT2D eigenvalue weighted by molar-refractivity contribution is 0.340. The van der Waals surface area contributed by atoms with Crippen LogP contribution in [0.15, 0.2) is 39.8 Å². The standard InChI is InChI=1S/C14H18N2O4S/c1-3-19-13-4-6-14(7-5-13)21(17,18)15-9-8-12-10-11(2)20-16-12/h4-7,10,15H,3,8-9H2,1-2H3. The van der Waals surface area contributed by atoms with Gasteiger partial charge >= 0.3 is 0 Å². The van der Waals surface area contributed by atoms with E-state index in [1.165, 1.54) is 12.1 Å². The Kier molecular flexibility index (Phi) is 4.98. The van der Waals surface area contributed by atoms with Crippen molar-refractivity contribution in [1.29, 1.82) is 0 Å². The molecular formula is C14H18N2O4S. The third kappa shape index (κ3) is 4.30. The number of hydrogen-bond acceptors (Lipinski definition) is 5. The molecule has 0 atom stereocenters. The molecule has 1 aromatic carbocycles. The van der Waals surface area contributed by atoms with Crippen LogP contribution in [0.5, 0.6) is 5.75 Å². The van der Waals surface area contributed by atoms with Crippen molar-refractivity contribution in [1.82, 2.24) is 9.88 Å². The summed E-state index contributed by atoms with van der Waals surface area (Å²) in [7, 11) is -3.52. The summed E-state index contributed by atoms with van der Waals surface area (Å²) in [5.74, 6) is 1.36. The summed E-state index contributed by atoms with van der Waals surface area (Å²) in [6.45, 7) is 4.47. The van der Waals surface area contributed by atoms with Crippen molar-refractivity contribution in [3.63, 3.8) is 0 Å². The smallest absolute Gasteiger partial charge is 0.240 e. The summed E-state index contributed by atoms with van der Waals surface area (Å²) in [5, 5.41) is 3.81. The zero-order valence-electron chi connectivity index (χ0n) is 12.0. The Morgan fingerprint density at radius 3 is 2.57 bits per heavy atom. The molecule has 0 unspecified atom stereocenters. The SMILES string of the molecule is CCOc1ccc(S(=O)(=O)NCCc2cc(C)on2)cc1. The molecule has 2 rings (SSSR count). The maximum atomic E-state index is 12.1. The minimum atomic E-state index is -3.52. The van der Waals surface area contributed by atoms with E-state index in [4.69, 9.17) is 9.26 Å². The zero-order chi connectivity index (χ0) is 15.3. The molecule has 6 nitrogen and oxygen atoms in total. The number of rotatable bonds is 7. The van der Waals surface area contributed by atoms with Gasteiger partial charge in [0.15, 0.2) is 0 Å². The molecule has 0 saturated carbocycles. The van der Waals surface area contributed by atoms with Crippen molar-refractivity contribution in [2.45, 2.75) is 25.2 Å². The van der Waals surface area contributed by atoms with Crippen molar-refractivity contribution in [2.24, 2.45) is 0 Å². The van der Waals surface area contributed by atoms with Crippen molar-refractivity contribution in [3.05, 3.63) is 41.8 Å². The monoisotopic (exact) mass is 310 g/mol. The van der Waals surface area contributed by atoms with E-state index in [9.17, 15) is 8.42 Å². The normalized spacial score (nSPS) is 11.5. The van der Waals surface area contributed by atoms with E-state index in [2.05, 4.69) is 9.88 Å². The molecule has 2 aromatic rings. The Morgan fingerprint density at radius 1 is 1.29 bits per heavy atom. The lowest BCUT2D eigenvalue weighted by Crippen LogP contribution is -2.26. The first-order valence-electron chi connectivity index (χ1n) is 6.66. The molecule has 0 aliphatic rings. The van der Waals surface area contributed by atoms with Gasteiger partial charge in [-0.2, -0.15) is 0 Å². The first-order valence-corrected chi connectivity index (χ1v) is 8.14. The molecule has 0 aliphatic heterocycles. The van der Waals surface area contributed by atoms with Crippen LogP contribution in [0, 0.1) is 6.92 Å². The van der Waals surface area contributed by atoms with Crippen LogP contribution in [0.1, 0.15) is 18.4 Å². The highest BCUT2D eigenvalue weighted by Gasteiger charge is 2.13. The molecule has 0 bridgehead atoms. The summed E-state index contributed by atoms with van der Waals surface area (Å²) in [6, 6.07) is 8.10. The van der Waals surface area contributed by atoms with Crippen LogP contribution >= 0.6 is 0 Å². The van der Waals surface area contributed by atoms with Crippen molar-refractivity contribution in [2.75, 3.05) is 13.2 Å². The van der Waals surface area contributed by atoms with E-state index < -0.39 is 10.0 Å². The quantitative estimate of drug-likeness (QED) is 0.844. The van der Waals surface area contributed by atoms with Gasteiger partial charge in [0.25, 0.3) is 0 Å². The van der Waals surface area contributed by atoms with E-state index in [-0.39, 0.29) is 11.4 Å². The summed E-state index contributed by atoms with van der Waals surface area (Å²) >= 11 is 0. The molecule has 0 fully saturated rings. The minimum Gasteiger partial charge on any atom is -0.494 e. The van der Waals surface area contributed by atoms with Gasteiger partial charge in [0, 0.05) is 19.0 Å². The van der Waals surface area contributed by atoms with Crippen molar-refractivity contribution < 1.29 is 17.7 Å². The molecule has 0 amide bonds. The van der Waals surface area contributed by atoms with Gasteiger partial charge in [0.2, 0.25) is 10.0 Å². The third-order valence-corrected chi connectivity index (χ3v) is 4.27. The lowest BCUT2D eigenvalue weighted by Gasteiger charge is -2.07. The van der Waals surface area contributed by atoms with Gasteiger partial charge in [-0.1, -0.05) is 5.16 Å². The molecule has 0 spiro atoms. The number of aromatic nitrogens is 1. The topological polar surface area (TPSA) is 81.4 Å². The molecule has 0 radical (unpaired) electrons. The Labute approximate surface area is 124 Å². The second-order valence-corrected chi connectivity index (χ2v) is 6.25. The van der Waals surface area contributed by atoms with E-state index >= 15 is 0 Å². The van der Waals surface area contributed by atoms with Crippen LogP contribution in [-0.2, 0) is 16.4 Å². The molecular weight excluding hydrogens is 292 g/mol. The largest absolute Gasteiger partial charge is 0.494 e. The van der Waals surface area contributed by atoms with Gasteiger partial charge in [0.05, 0.1) is 17.2 Å². The Balaban J connectivity index is 1.94. The second kappa shape index (κ2) is 6.73. The maximum Gasteiger partial charge on any atom is 0.240 e. The van der Waals surface area contributed by atoms with E-state index in [1.807, 2.05) is 6.92 Å². The summed E-state index contributed by atoms with van der Waals surface area (Å²) < 4.78 is 36.9. The van der Waals surface area contributed by atoms with E-state index in [1.54, 1.807) is 25.1 Å². The Morgan fingerprint density at radius 2 is 2.00 bits per heavy atom. The fourth-order valence-corrected chi connectivity index (χ4v) is 2.85. The molecule has 0 saturated heterocycles. The van der Waals surface area contributed by atoms with Crippen LogP contribution < -0.4 is 9.46 Å². The number of benzene rings is 1. The van der Waals surface area contributed by atoms with Gasteiger partial charge < -0.3 is 9.26 Å². The molecule has 0 aliphatic carbocycles. The molecule has 1 aromatic heterocycles. The number of sulfonamides is 1. The number of ether oxygens (including phenoxy) is 1. The first-order chi connectivity index (χ1) is 10.0. The summed E-state index contributed by atoms with van der Waals surface area (Å²) in [5.41, 5.74) is 0.724. The minimum absolute atomic E-state index is 0.210. The fraction of sp³-hybridized carbons (Fsp3) is 0.357. The zero-order valence-corrected chi connectivity index (χ0v) is 12.8. The van der Waals surface area contributed by atoms with Crippen LogP contribution in [0.3, 0.4) is 0 Å². The van der Waals surface area contributed by atoms with Gasteiger partial charge in [-0.3, -0.25) is 0 Å². The number of aryl methyl sites for hydroxylation is 1. The predicted octanol–water partition coefficient (Wildman–Crippen LogP) is 1.90. The van der Waals surface area contributed by atoms with Crippen molar-refractivity contribution >= 4 is 10.0 Å². The highest BCUT2D eigenvalue weighted by atomic mass is 32.2. The molecule has 114 valence electrons. The summed E-state index contributed by atoms with van der Waals surface area (Å²) in [6.07, 6.45) is 0.480. The van der Waals surface area contributed by atoms with Gasteiger partial charge in [-0.05, 0) is 38.1 Å². The van der Waals surface area contributed by atoms with Crippen LogP contribution in [0.2, 0.25) is 0 Å². The van der Waals surface area contributed by atoms with Gasteiger partial charge in [0.1, 0.15) is 11.5 Å². The molecule has 1 N–H and O–H groups in total. The van der Waals surface area contributed by atoms with Crippen LogP contribution in [0.4, 0.5) is 0 Å². The van der Waals surface area contributed by atoms with Crippen LogP contribution in [-0.4, -0.2) is 26.7 Å². The molecule has 7 heteroatoms. The third-order valence-electron chi connectivity index (χ3n) is 2.80. The van der Waals surface area contributed by atoms with Crippen LogP contribution in [0.25, 0.3) is 0 Å². The van der Waals surface area contributed by atoms with E-state index in [0.717, 1.165) is 5.69 Å². The summed E-state index contributed by atoms with van der Waals surface area (Å²) in [4.78, 5) is 0.210. The highest BCUT2D eigenvalue weighted by Crippen LogP contribution is 2.15. The van der Waals surface area contributed by atoms with E-state index in [0.29, 0.717) is 24.5 Å². The molecule has 1 heterocycles. The maximum absolute atomic E-state index is 12.1. The lowest BCUT2D eigenvalue weighted by atomic mass is 10.3. The second-order valence-electron chi connectivity index (χ2n) is 4.48. The van der Waals surface area contributed by atoms with Crippen molar-refractivity contribution in [3.8, 4) is 5.75 Å². The molecule has 21 heavy (non-hydrogen) atoms.